The molecule has 1 aromatic carbocycles. The van der Waals surface area contributed by atoms with Crippen molar-refractivity contribution in [3.63, 3.8) is 0 Å². The van der Waals surface area contributed by atoms with Gasteiger partial charge in [-0.25, -0.2) is 0 Å². The predicted molar refractivity (Wildman–Crippen MR) is 98.8 cm³/mol. The number of hydrogen-bond donors (Lipinski definition) is 1. The third-order valence-corrected chi connectivity index (χ3v) is 4.18. The molecule has 26 heavy (non-hydrogen) atoms. The van der Waals surface area contributed by atoms with E-state index in [0.717, 1.165) is 11.3 Å². The fourth-order valence-electron chi connectivity index (χ4n) is 2.60. The zero-order valence-electron chi connectivity index (χ0n) is 13.6. The SMILES string of the molecule is O=C(NCc1ccccn1)c1ccn2c(-c3ccc(Cl)cc3)nnc2c1. The Morgan fingerprint density at radius 2 is 1.92 bits per heavy atom. The third kappa shape index (κ3) is 3.27. The van der Waals surface area contributed by atoms with E-state index < -0.39 is 0 Å². The first-order valence-electron chi connectivity index (χ1n) is 7.99. The molecule has 1 N–H and O–H groups in total. The molecule has 0 unspecified atom stereocenters. The van der Waals surface area contributed by atoms with Crippen LogP contribution in [0.25, 0.3) is 17.0 Å². The lowest BCUT2D eigenvalue weighted by Gasteiger charge is -2.06. The average Bonchev–Trinajstić information content (AvgIpc) is 3.11. The van der Waals surface area contributed by atoms with E-state index in [1.165, 1.54) is 0 Å². The maximum Gasteiger partial charge on any atom is 0.251 e. The van der Waals surface area contributed by atoms with Crippen molar-refractivity contribution < 1.29 is 4.79 Å². The van der Waals surface area contributed by atoms with Gasteiger partial charge in [0.2, 0.25) is 0 Å². The first kappa shape index (κ1) is 16.2. The molecule has 4 aromatic rings. The van der Waals surface area contributed by atoms with Gasteiger partial charge in [0.05, 0.1) is 12.2 Å². The molecule has 0 spiro atoms. The third-order valence-electron chi connectivity index (χ3n) is 3.93. The van der Waals surface area contributed by atoms with Gasteiger partial charge in [0.25, 0.3) is 5.91 Å². The molecule has 4 rings (SSSR count). The van der Waals surface area contributed by atoms with Gasteiger partial charge in [-0.2, -0.15) is 0 Å². The molecule has 0 aliphatic carbocycles. The number of rotatable bonds is 4. The molecule has 3 aromatic heterocycles. The molecule has 7 heteroatoms. The summed E-state index contributed by atoms with van der Waals surface area (Å²) in [5, 5.41) is 11.9. The molecule has 1 amide bonds. The average molecular weight is 364 g/mol. The number of amides is 1. The Labute approximate surface area is 154 Å². The minimum atomic E-state index is -0.186. The van der Waals surface area contributed by atoms with Crippen molar-refractivity contribution in [3.05, 3.63) is 83.3 Å². The topological polar surface area (TPSA) is 72.2 Å². The minimum absolute atomic E-state index is 0.186. The highest BCUT2D eigenvalue weighted by Gasteiger charge is 2.11. The lowest BCUT2D eigenvalue weighted by molar-refractivity contribution is 0.0950. The first-order valence-corrected chi connectivity index (χ1v) is 8.37. The van der Waals surface area contributed by atoms with Gasteiger partial charge in [0.15, 0.2) is 11.5 Å². The Bertz CT molecular complexity index is 1060. The number of aromatic nitrogens is 4. The standard InChI is InChI=1S/C19H14ClN5O/c20-15-6-4-13(5-7-15)18-24-23-17-11-14(8-10-25(17)18)19(26)22-12-16-3-1-2-9-21-16/h1-11H,12H2,(H,22,26). The van der Waals surface area contributed by atoms with E-state index in [1.54, 1.807) is 36.7 Å². The largest absolute Gasteiger partial charge is 0.346 e. The van der Waals surface area contributed by atoms with Crippen molar-refractivity contribution in [2.75, 3.05) is 0 Å². The Morgan fingerprint density at radius 1 is 1.08 bits per heavy atom. The number of fused-ring (bicyclic) bond motifs is 1. The fourth-order valence-corrected chi connectivity index (χ4v) is 2.73. The van der Waals surface area contributed by atoms with Gasteiger partial charge in [-0.3, -0.25) is 14.2 Å². The summed E-state index contributed by atoms with van der Waals surface area (Å²) in [5.74, 6) is 0.506. The number of nitrogens with one attached hydrogen (secondary N) is 1. The number of halogens is 1. The summed E-state index contributed by atoms with van der Waals surface area (Å²) >= 11 is 5.93. The minimum Gasteiger partial charge on any atom is -0.346 e. The van der Waals surface area contributed by atoms with Crippen LogP contribution in [0.5, 0.6) is 0 Å². The zero-order valence-corrected chi connectivity index (χ0v) is 14.4. The molecular weight excluding hydrogens is 350 g/mol. The Balaban J connectivity index is 1.56. The Morgan fingerprint density at radius 3 is 2.69 bits per heavy atom. The first-order chi connectivity index (χ1) is 12.7. The van der Waals surface area contributed by atoms with Crippen LogP contribution in [0.3, 0.4) is 0 Å². The van der Waals surface area contributed by atoms with Crippen molar-refractivity contribution in [2.24, 2.45) is 0 Å². The molecule has 128 valence electrons. The highest BCUT2D eigenvalue weighted by Crippen LogP contribution is 2.21. The van der Waals surface area contributed by atoms with Gasteiger partial charge in [-0.05, 0) is 48.5 Å². The number of pyridine rings is 2. The summed E-state index contributed by atoms with van der Waals surface area (Å²) in [7, 11) is 0. The fraction of sp³-hybridized carbons (Fsp3) is 0.0526. The van der Waals surface area contributed by atoms with Gasteiger partial charge < -0.3 is 5.32 Å². The van der Waals surface area contributed by atoms with Crippen LogP contribution < -0.4 is 5.32 Å². The van der Waals surface area contributed by atoms with Gasteiger partial charge >= 0.3 is 0 Å². The van der Waals surface area contributed by atoms with E-state index in [0.29, 0.717) is 28.6 Å². The van der Waals surface area contributed by atoms with E-state index in [1.807, 2.05) is 34.7 Å². The summed E-state index contributed by atoms with van der Waals surface area (Å²) in [6.07, 6.45) is 3.48. The lowest BCUT2D eigenvalue weighted by atomic mass is 10.2. The van der Waals surface area contributed by atoms with E-state index in [2.05, 4.69) is 20.5 Å². The monoisotopic (exact) mass is 363 g/mol. The Hall–Kier alpha value is -3.25. The number of nitrogens with zero attached hydrogens (tertiary/aromatic N) is 4. The molecule has 0 saturated heterocycles. The molecule has 6 nitrogen and oxygen atoms in total. The number of carbonyl (C=O) groups excluding carboxylic acids is 1. The smallest absolute Gasteiger partial charge is 0.251 e. The van der Waals surface area contributed by atoms with Crippen LogP contribution in [0.2, 0.25) is 5.02 Å². The summed E-state index contributed by atoms with van der Waals surface area (Å²) < 4.78 is 1.83. The number of benzene rings is 1. The van der Waals surface area contributed by atoms with Crippen molar-refractivity contribution in [2.45, 2.75) is 6.54 Å². The molecule has 3 heterocycles. The highest BCUT2D eigenvalue weighted by atomic mass is 35.5. The molecule has 0 saturated carbocycles. The van der Waals surface area contributed by atoms with Crippen molar-refractivity contribution in [1.29, 1.82) is 0 Å². The van der Waals surface area contributed by atoms with Gasteiger partial charge in [0.1, 0.15) is 0 Å². The lowest BCUT2D eigenvalue weighted by Crippen LogP contribution is -2.23. The summed E-state index contributed by atoms with van der Waals surface area (Å²) in [5.41, 5.74) is 2.81. The number of hydrogen-bond acceptors (Lipinski definition) is 4. The van der Waals surface area contributed by atoms with Gasteiger partial charge in [-0.1, -0.05) is 17.7 Å². The van der Waals surface area contributed by atoms with E-state index >= 15 is 0 Å². The van der Waals surface area contributed by atoms with Crippen LogP contribution in [0.15, 0.2) is 67.0 Å². The van der Waals surface area contributed by atoms with E-state index in [-0.39, 0.29) is 5.91 Å². The molecule has 0 aliphatic heterocycles. The second-order valence-electron chi connectivity index (χ2n) is 5.68. The van der Waals surface area contributed by atoms with E-state index in [4.69, 9.17) is 11.6 Å². The summed E-state index contributed by atoms with van der Waals surface area (Å²) in [6, 6.07) is 16.4. The maximum absolute atomic E-state index is 12.4. The molecule has 0 fully saturated rings. The molecule has 0 aliphatic rings. The van der Waals surface area contributed by atoms with Crippen LogP contribution in [-0.2, 0) is 6.54 Å². The second-order valence-corrected chi connectivity index (χ2v) is 6.11. The van der Waals surface area contributed by atoms with Gasteiger partial charge in [0, 0.05) is 28.5 Å². The summed E-state index contributed by atoms with van der Waals surface area (Å²) in [4.78, 5) is 16.6. The van der Waals surface area contributed by atoms with E-state index in [9.17, 15) is 4.79 Å². The van der Waals surface area contributed by atoms with Crippen molar-refractivity contribution >= 4 is 23.2 Å². The van der Waals surface area contributed by atoms with Crippen molar-refractivity contribution in [1.82, 2.24) is 24.9 Å². The van der Waals surface area contributed by atoms with Crippen LogP contribution in [-0.4, -0.2) is 25.5 Å². The zero-order chi connectivity index (χ0) is 17.9. The highest BCUT2D eigenvalue weighted by molar-refractivity contribution is 6.30. The molecular formula is C19H14ClN5O. The Kier molecular flexibility index (Phi) is 4.33. The van der Waals surface area contributed by atoms with Crippen LogP contribution >= 0.6 is 11.6 Å². The summed E-state index contributed by atoms with van der Waals surface area (Å²) in [6.45, 7) is 0.369. The van der Waals surface area contributed by atoms with Crippen molar-refractivity contribution in [3.8, 4) is 11.4 Å². The molecule has 0 bridgehead atoms. The van der Waals surface area contributed by atoms with Crippen LogP contribution in [0.1, 0.15) is 16.1 Å². The van der Waals surface area contributed by atoms with Crippen LogP contribution in [0.4, 0.5) is 0 Å². The predicted octanol–water partition coefficient (Wildman–Crippen LogP) is 3.37. The molecule has 0 atom stereocenters. The quantitative estimate of drug-likeness (QED) is 0.603. The van der Waals surface area contributed by atoms with Gasteiger partial charge in [-0.15, -0.1) is 10.2 Å². The number of carbonyl (C=O) groups is 1. The second kappa shape index (κ2) is 6.93. The van der Waals surface area contributed by atoms with Crippen LogP contribution in [0, 0.1) is 0 Å². The normalized spacial score (nSPS) is 10.8. The molecule has 0 radical (unpaired) electrons. The maximum atomic E-state index is 12.4.